The number of hydrogen-bond donors (Lipinski definition) is 0. The van der Waals surface area contributed by atoms with Crippen molar-refractivity contribution in [2.75, 3.05) is 6.54 Å². The number of aliphatic imine (C=N–C) groups is 1. The Morgan fingerprint density at radius 2 is 2.32 bits per heavy atom. The van der Waals surface area contributed by atoms with Crippen molar-refractivity contribution in [1.29, 1.82) is 0 Å². The number of aryl methyl sites for hydroxylation is 1. The molecule has 0 aromatic carbocycles. The zero-order valence-electron chi connectivity index (χ0n) is 11.7. The lowest BCUT2D eigenvalue weighted by molar-refractivity contribution is -0.121. The van der Waals surface area contributed by atoms with E-state index in [9.17, 15) is 4.79 Å². The molecule has 1 aliphatic heterocycles. The molecule has 2 aromatic heterocycles. The topological polar surface area (TPSA) is 58.5 Å². The van der Waals surface area contributed by atoms with Crippen LogP contribution in [0.4, 0.5) is 5.13 Å². The summed E-state index contributed by atoms with van der Waals surface area (Å²) in [6, 6.07) is 3.94. The molecule has 0 unspecified atom stereocenters. The van der Waals surface area contributed by atoms with Crippen LogP contribution in [0.3, 0.4) is 0 Å². The van der Waals surface area contributed by atoms with Crippen LogP contribution in [0, 0.1) is 6.92 Å². The Bertz CT molecular complexity index is 761. The van der Waals surface area contributed by atoms with Crippen molar-refractivity contribution in [2.45, 2.75) is 6.92 Å². The summed E-state index contributed by atoms with van der Waals surface area (Å²) in [4.78, 5) is 20.3. The van der Waals surface area contributed by atoms with E-state index >= 15 is 0 Å². The van der Waals surface area contributed by atoms with Gasteiger partial charge in [0, 0.05) is 11.4 Å². The smallest absolute Gasteiger partial charge is 0.267 e. The monoisotopic (exact) mass is 348 g/mol. The summed E-state index contributed by atoms with van der Waals surface area (Å²) < 4.78 is 0. The maximum atomic E-state index is 12.5. The standard InChI is InChI=1S/C14H12N4OS3/c1-3-6-18-12(19)11(8-10-5-4-7-20-10)22-14(18)15-13-17-16-9(2)21-13/h3-5,7-8H,1,6H2,2H3. The third-order valence-corrected chi connectivity index (χ3v) is 5.28. The highest BCUT2D eigenvalue weighted by molar-refractivity contribution is 8.18. The van der Waals surface area contributed by atoms with Crippen LogP contribution in [0.15, 0.2) is 40.1 Å². The molecule has 1 amide bonds. The number of carbonyl (C=O) groups is 1. The van der Waals surface area contributed by atoms with Crippen LogP contribution in [0.1, 0.15) is 9.88 Å². The lowest BCUT2D eigenvalue weighted by Gasteiger charge is -2.11. The van der Waals surface area contributed by atoms with Crippen LogP contribution >= 0.6 is 34.4 Å². The van der Waals surface area contributed by atoms with E-state index in [1.807, 2.05) is 30.5 Å². The van der Waals surface area contributed by atoms with Crippen LogP contribution in [0.2, 0.25) is 0 Å². The van der Waals surface area contributed by atoms with Crippen molar-refractivity contribution < 1.29 is 4.79 Å². The lowest BCUT2D eigenvalue weighted by atomic mass is 10.3. The summed E-state index contributed by atoms with van der Waals surface area (Å²) in [6.45, 7) is 6.00. The van der Waals surface area contributed by atoms with Crippen molar-refractivity contribution in [1.82, 2.24) is 15.1 Å². The van der Waals surface area contributed by atoms with Crippen molar-refractivity contribution in [3.8, 4) is 0 Å². The molecule has 0 bridgehead atoms. The Labute approximate surface area is 140 Å². The molecule has 0 atom stereocenters. The number of rotatable bonds is 4. The van der Waals surface area contributed by atoms with Gasteiger partial charge in [0.2, 0.25) is 5.13 Å². The molecule has 0 spiro atoms. The van der Waals surface area contributed by atoms with E-state index in [1.54, 1.807) is 22.3 Å². The van der Waals surface area contributed by atoms with Crippen LogP contribution in [0.5, 0.6) is 0 Å². The molecule has 0 saturated carbocycles. The highest BCUT2D eigenvalue weighted by Gasteiger charge is 2.32. The third kappa shape index (κ3) is 3.18. The fourth-order valence-electron chi connectivity index (χ4n) is 1.80. The van der Waals surface area contributed by atoms with Crippen molar-refractivity contribution >= 4 is 56.7 Å². The molecule has 8 heteroatoms. The van der Waals surface area contributed by atoms with E-state index in [2.05, 4.69) is 21.8 Å². The molecule has 1 aliphatic rings. The van der Waals surface area contributed by atoms with Gasteiger partial charge in [0.05, 0.1) is 4.91 Å². The second-order valence-electron chi connectivity index (χ2n) is 4.33. The van der Waals surface area contributed by atoms with Gasteiger partial charge in [0.25, 0.3) is 5.91 Å². The number of thioether (sulfide) groups is 1. The van der Waals surface area contributed by atoms with E-state index in [-0.39, 0.29) is 5.91 Å². The number of hydrogen-bond acceptors (Lipinski definition) is 7. The quantitative estimate of drug-likeness (QED) is 0.624. The molecule has 22 heavy (non-hydrogen) atoms. The van der Waals surface area contributed by atoms with Gasteiger partial charge in [0.1, 0.15) is 5.01 Å². The maximum absolute atomic E-state index is 12.5. The van der Waals surface area contributed by atoms with Gasteiger partial charge in [-0.05, 0) is 36.2 Å². The van der Waals surface area contributed by atoms with Gasteiger partial charge in [0.15, 0.2) is 5.17 Å². The van der Waals surface area contributed by atoms with Gasteiger partial charge in [-0.15, -0.1) is 28.1 Å². The predicted octanol–water partition coefficient (Wildman–Crippen LogP) is 3.70. The Kier molecular flexibility index (Phi) is 4.51. The maximum Gasteiger partial charge on any atom is 0.267 e. The number of amides is 1. The second kappa shape index (κ2) is 6.55. The first-order valence-corrected chi connectivity index (χ1v) is 8.93. The van der Waals surface area contributed by atoms with Crippen LogP contribution in [-0.2, 0) is 4.79 Å². The van der Waals surface area contributed by atoms with E-state index < -0.39 is 0 Å². The predicted molar refractivity (Wildman–Crippen MR) is 93.5 cm³/mol. The van der Waals surface area contributed by atoms with Crippen LogP contribution in [-0.4, -0.2) is 32.7 Å². The molecule has 5 nitrogen and oxygen atoms in total. The number of aromatic nitrogens is 2. The van der Waals surface area contributed by atoms with Crippen LogP contribution in [0.25, 0.3) is 6.08 Å². The van der Waals surface area contributed by atoms with Gasteiger partial charge < -0.3 is 0 Å². The number of nitrogens with zero attached hydrogens (tertiary/aromatic N) is 4. The SMILES string of the molecule is C=CCN1C(=O)C(=Cc2cccs2)SC1=Nc1nnc(C)s1. The average molecular weight is 348 g/mol. The van der Waals surface area contributed by atoms with E-state index in [1.165, 1.54) is 23.1 Å². The summed E-state index contributed by atoms with van der Waals surface area (Å²) in [5.74, 6) is -0.0571. The molecule has 0 N–H and O–H groups in total. The first kappa shape index (κ1) is 15.1. The summed E-state index contributed by atoms with van der Waals surface area (Å²) in [5, 5.41) is 11.9. The van der Waals surface area contributed by atoms with Gasteiger partial charge in [-0.2, -0.15) is 4.99 Å². The summed E-state index contributed by atoms with van der Waals surface area (Å²) in [5.41, 5.74) is 0. The molecular formula is C14H12N4OS3. The van der Waals surface area contributed by atoms with E-state index in [4.69, 9.17) is 0 Å². The Morgan fingerprint density at radius 1 is 1.45 bits per heavy atom. The minimum absolute atomic E-state index is 0.0571. The van der Waals surface area contributed by atoms with Crippen LogP contribution < -0.4 is 0 Å². The molecule has 1 saturated heterocycles. The highest BCUT2D eigenvalue weighted by atomic mass is 32.2. The van der Waals surface area contributed by atoms with E-state index in [0.717, 1.165) is 9.88 Å². The Morgan fingerprint density at radius 3 is 2.95 bits per heavy atom. The lowest BCUT2D eigenvalue weighted by Crippen LogP contribution is -2.29. The first-order valence-electron chi connectivity index (χ1n) is 6.42. The highest BCUT2D eigenvalue weighted by Crippen LogP contribution is 2.35. The molecule has 0 radical (unpaired) electrons. The molecule has 112 valence electrons. The minimum atomic E-state index is -0.0571. The molecule has 3 rings (SSSR count). The molecular weight excluding hydrogens is 336 g/mol. The summed E-state index contributed by atoms with van der Waals surface area (Å²) in [6.07, 6.45) is 3.58. The third-order valence-electron chi connectivity index (χ3n) is 2.72. The molecule has 1 fully saturated rings. The Balaban J connectivity index is 1.93. The fraction of sp³-hybridized carbons (Fsp3) is 0.143. The number of amidine groups is 1. The summed E-state index contributed by atoms with van der Waals surface area (Å²) >= 11 is 4.35. The fourth-order valence-corrected chi connectivity index (χ4v) is 4.13. The minimum Gasteiger partial charge on any atom is -0.282 e. The van der Waals surface area contributed by atoms with Gasteiger partial charge in [-0.25, -0.2) is 0 Å². The number of thiophene rings is 1. The molecule has 2 aromatic rings. The Hall–Kier alpha value is -1.77. The number of carbonyl (C=O) groups excluding carboxylic acids is 1. The molecule has 3 heterocycles. The van der Waals surface area contributed by atoms with Crippen molar-refractivity contribution in [3.05, 3.63) is 45.0 Å². The average Bonchev–Trinajstić information content (AvgIpc) is 3.19. The molecule has 0 aliphatic carbocycles. The largest absolute Gasteiger partial charge is 0.282 e. The summed E-state index contributed by atoms with van der Waals surface area (Å²) in [7, 11) is 0. The normalized spacial score (nSPS) is 18.6. The van der Waals surface area contributed by atoms with Crippen molar-refractivity contribution in [2.24, 2.45) is 4.99 Å². The zero-order valence-corrected chi connectivity index (χ0v) is 14.2. The first-order chi connectivity index (χ1) is 10.7. The van der Waals surface area contributed by atoms with Gasteiger partial charge in [-0.3, -0.25) is 9.69 Å². The van der Waals surface area contributed by atoms with E-state index in [0.29, 0.717) is 21.7 Å². The van der Waals surface area contributed by atoms with Gasteiger partial charge >= 0.3 is 0 Å². The zero-order chi connectivity index (χ0) is 15.5. The second-order valence-corrected chi connectivity index (χ2v) is 7.48. The van der Waals surface area contributed by atoms with Gasteiger partial charge in [-0.1, -0.05) is 23.5 Å². The van der Waals surface area contributed by atoms with Crippen molar-refractivity contribution in [3.63, 3.8) is 0 Å².